The van der Waals surface area contributed by atoms with Crippen LogP contribution in [0.1, 0.15) is 153 Å². The van der Waals surface area contributed by atoms with Crippen LogP contribution in [0, 0.1) is 48.8 Å². The first-order valence-corrected chi connectivity index (χ1v) is 41.0. The molecule has 126 heavy (non-hydrogen) atoms. The molecule has 0 atom stereocenters. The largest absolute Gasteiger partial charge is 0.454 e. The van der Waals surface area contributed by atoms with Crippen LogP contribution in [0.2, 0.25) is 0 Å². The molecule has 0 amide bonds. The SMILES string of the molecule is CCc1ccnc(CC(=O)c2cc(F)cc(Oc3cncnc3)c2)c1.Cc1cnc(CC(=O)c2cc(F)cc(Oc3cncnc3)c2)c(F)c1.Cc1nc(CC(=O)c2cc(F)cc(Oc3cncnc3)c2)sc1C(C)(C)C.O=C(Cc1cc(Br)ccn1)c1cc(F)cc(Oc2cncnc2)c1.O=C(Cc1nc(C2CC2)cs1)c1cc(F)cc(Oc2cncnc2)c1. The molecule has 10 aromatic heterocycles. The van der Waals surface area contributed by atoms with Crippen molar-refractivity contribution in [3.63, 3.8) is 0 Å². The molecule has 1 aliphatic rings. The third-order valence-corrected chi connectivity index (χ3v) is 20.6. The number of hydrogen-bond donors (Lipinski definition) is 0. The first kappa shape index (κ1) is 90.8. The van der Waals surface area contributed by atoms with Gasteiger partial charge in [0.2, 0.25) is 0 Å². The second-order valence-corrected chi connectivity index (χ2v) is 31.8. The number of pyridine rings is 3. The Morgan fingerprint density at radius 1 is 0.405 bits per heavy atom. The lowest BCUT2D eigenvalue weighted by Gasteiger charge is -2.16. The molecule has 1 fully saturated rings. The maximum absolute atomic E-state index is 14.0. The number of hydrogen-bond acceptors (Lipinski definition) is 27. The minimum atomic E-state index is -0.643. The van der Waals surface area contributed by atoms with Crippen molar-refractivity contribution in [3.8, 4) is 57.5 Å². The Morgan fingerprint density at radius 3 is 1.10 bits per heavy atom. The van der Waals surface area contributed by atoms with Crippen molar-refractivity contribution in [1.82, 2.24) is 74.8 Å². The van der Waals surface area contributed by atoms with Crippen LogP contribution in [0.3, 0.4) is 0 Å². The third kappa shape index (κ3) is 28.1. The van der Waals surface area contributed by atoms with Gasteiger partial charge in [-0.15, -0.1) is 22.7 Å². The molecule has 34 heteroatoms. The zero-order chi connectivity index (χ0) is 89.2. The molecular formula is C92H74BrF6N15O10S2. The lowest BCUT2D eigenvalue weighted by molar-refractivity contribution is 0.0982. The van der Waals surface area contributed by atoms with Gasteiger partial charge in [0.15, 0.2) is 57.7 Å². The number of rotatable bonds is 27. The number of nitrogens with zero attached hydrogens (tertiary/aromatic N) is 15. The predicted octanol–water partition coefficient (Wildman–Crippen LogP) is 20.5. The Kier molecular flexibility index (Phi) is 31.4. The van der Waals surface area contributed by atoms with Gasteiger partial charge in [0, 0.05) is 109 Å². The van der Waals surface area contributed by atoms with Gasteiger partial charge in [-0.2, -0.15) is 0 Å². The number of ketones is 5. The molecule has 0 unspecified atom stereocenters. The Bertz CT molecular complexity index is 6320. The van der Waals surface area contributed by atoms with Crippen LogP contribution in [-0.2, 0) is 43.9 Å². The maximum atomic E-state index is 14.0. The Morgan fingerprint density at radius 2 is 0.754 bits per heavy atom. The summed E-state index contributed by atoms with van der Waals surface area (Å²) in [6.45, 7) is 12.0. The molecule has 0 bridgehead atoms. The van der Waals surface area contributed by atoms with E-state index >= 15 is 0 Å². The summed E-state index contributed by atoms with van der Waals surface area (Å²) >= 11 is 6.33. The third-order valence-electron chi connectivity index (χ3n) is 17.7. The zero-order valence-corrected chi connectivity index (χ0v) is 71.2. The lowest BCUT2D eigenvalue weighted by Crippen LogP contribution is -2.10. The van der Waals surface area contributed by atoms with Gasteiger partial charge in [-0.1, -0.05) is 43.6 Å². The number of Topliss-reactive ketones (excluding diaryl/α,β-unsaturated/α-hetero) is 5. The van der Waals surface area contributed by atoms with E-state index in [9.17, 15) is 50.3 Å². The van der Waals surface area contributed by atoms with Crippen molar-refractivity contribution in [2.75, 3.05) is 0 Å². The number of halogens is 7. The molecule has 10 heterocycles. The first-order chi connectivity index (χ1) is 60.6. The Balaban J connectivity index is 0.000000143. The molecule has 0 aliphatic heterocycles. The molecule has 5 aromatic carbocycles. The van der Waals surface area contributed by atoms with E-state index in [4.69, 9.17) is 23.7 Å². The highest BCUT2D eigenvalue weighted by Crippen LogP contribution is 2.41. The number of ether oxygens (including phenoxy) is 5. The highest BCUT2D eigenvalue weighted by atomic mass is 79.9. The van der Waals surface area contributed by atoms with Crippen molar-refractivity contribution in [2.45, 2.75) is 104 Å². The number of aromatic nitrogens is 15. The standard InChI is InChI=1S/C20H20FN3O2S.C19H16FN3O2.C18H13F2N3O2.C18H14FN3O2S.C17H11BrFN3O2/c1-12-19(20(2,3)4)27-18(24-12)8-17(25)13-5-14(21)7-15(6-13)26-16-9-22-11-23-10-16;1-2-13-3-4-23-16(5-13)9-19(24)14-6-15(20)8-17(7-14)25-18-10-21-12-22-11-18;1-11-2-16(20)17(23-7-11)6-18(24)12-3-13(19)5-14(4-12)25-15-8-21-10-22-9-15;19-13-3-12(4-14(5-13)24-15-7-20-10-21-8-15)17(23)6-18-22-16(9-25-18)11-1-2-11;18-12-1-2-22-14(5-12)7-17(23)11-3-13(19)6-15(4-11)24-16-8-20-10-21-9-16/h5-7,9-11H,8H2,1-4H3;3-8,10-12H,2,9H2,1H3;2-5,7-10H,6H2,1H3;3-5,7-11H,1-2,6H2;1-6,8-10H,7H2. The first-order valence-electron chi connectivity index (χ1n) is 38.5. The fraction of sp³-hybridized carbons (Fsp3) is 0.174. The molecule has 1 aliphatic carbocycles. The summed E-state index contributed by atoms with van der Waals surface area (Å²) in [7, 11) is 0. The lowest BCUT2D eigenvalue weighted by atomic mass is 9.93. The van der Waals surface area contributed by atoms with Crippen LogP contribution < -0.4 is 23.7 Å². The van der Waals surface area contributed by atoms with Gasteiger partial charge in [-0.25, -0.2) is 86.2 Å². The average Bonchev–Trinajstić information content (AvgIpc) is 1.58. The van der Waals surface area contributed by atoms with Crippen LogP contribution in [-0.4, -0.2) is 104 Å². The van der Waals surface area contributed by atoms with Crippen LogP contribution in [0.25, 0.3) is 0 Å². The van der Waals surface area contributed by atoms with Crippen LogP contribution in [0.5, 0.6) is 57.5 Å². The number of thiazole rings is 2. The summed E-state index contributed by atoms with van der Waals surface area (Å²) in [4.78, 5) is 123. The molecule has 638 valence electrons. The van der Waals surface area contributed by atoms with Gasteiger partial charge in [-0.05, 0) is 141 Å². The van der Waals surface area contributed by atoms with Gasteiger partial charge in [0.25, 0.3) is 0 Å². The monoisotopic (exact) mass is 1810 g/mol. The number of carbonyl (C=O) groups excluding carboxylic acids is 5. The molecule has 0 N–H and O–H groups in total. The van der Waals surface area contributed by atoms with Gasteiger partial charge in [0.1, 0.15) is 105 Å². The Hall–Kier alpha value is -14.4. The summed E-state index contributed by atoms with van der Waals surface area (Å²) in [5.74, 6) is -1.43. The van der Waals surface area contributed by atoms with E-state index in [1.165, 1.54) is 220 Å². The predicted molar refractivity (Wildman–Crippen MR) is 457 cm³/mol. The quantitative estimate of drug-likeness (QED) is 0.0341. The summed E-state index contributed by atoms with van der Waals surface area (Å²) in [5, 5.41) is 3.50. The van der Waals surface area contributed by atoms with E-state index in [0.29, 0.717) is 51.6 Å². The van der Waals surface area contributed by atoms with Crippen molar-refractivity contribution < 1.29 is 74.0 Å². The average molecular weight is 1810 g/mol. The van der Waals surface area contributed by atoms with Gasteiger partial charge >= 0.3 is 0 Å². The highest BCUT2D eigenvalue weighted by molar-refractivity contribution is 9.10. The van der Waals surface area contributed by atoms with E-state index in [0.717, 1.165) is 54.9 Å². The van der Waals surface area contributed by atoms with Crippen LogP contribution in [0.4, 0.5) is 26.3 Å². The smallest absolute Gasteiger partial charge is 0.169 e. The summed E-state index contributed by atoms with van der Waals surface area (Å²) in [6.07, 6.45) is 29.4. The molecule has 15 aromatic rings. The molecule has 0 spiro atoms. The van der Waals surface area contributed by atoms with Crippen LogP contribution in [0.15, 0.2) is 243 Å². The normalized spacial score (nSPS) is 11.3. The molecule has 0 radical (unpaired) electrons. The zero-order valence-electron chi connectivity index (χ0n) is 68.0. The van der Waals surface area contributed by atoms with E-state index in [2.05, 4.69) is 111 Å². The van der Waals surface area contributed by atoms with Crippen molar-refractivity contribution in [3.05, 3.63) is 361 Å². The second-order valence-electron chi connectivity index (χ2n) is 28.9. The second kappa shape index (κ2) is 43.6. The number of benzene rings is 5. The summed E-state index contributed by atoms with van der Waals surface area (Å²) in [5.41, 5.74) is 6.01. The van der Waals surface area contributed by atoms with E-state index in [1.807, 2.05) is 31.4 Å². The molecule has 0 saturated heterocycles. The molecular weight excluding hydrogens is 1730 g/mol. The van der Waals surface area contributed by atoms with E-state index in [1.54, 1.807) is 31.5 Å². The van der Waals surface area contributed by atoms with E-state index in [-0.39, 0.29) is 123 Å². The summed E-state index contributed by atoms with van der Waals surface area (Å²) in [6, 6.07) is 27.8. The minimum absolute atomic E-state index is 0.0128. The highest BCUT2D eigenvalue weighted by Gasteiger charge is 2.28. The van der Waals surface area contributed by atoms with Crippen molar-refractivity contribution in [1.29, 1.82) is 0 Å². The van der Waals surface area contributed by atoms with Crippen molar-refractivity contribution in [2.24, 2.45) is 0 Å². The van der Waals surface area contributed by atoms with Gasteiger partial charge in [-0.3, -0.25) is 38.9 Å². The molecule has 16 rings (SSSR count). The minimum Gasteiger partial charge on any atom is -0.454 e. The Labute approximate surface area is 734 Å². The van der Waals surface area contributed by atoms with Crippen LogP contribution >= 0.6 is 38.6 Å². The van der Waals surface area contributed by atoms with E-state index < -0.39 is 40.7 Å². The number of aryl methyl sites for hydroxylation is 3. The molecule has 1 saturated carbocycles. The molecule has 25 nitrogen and oxygen atoms in total. The van der Waals surface area contributed by atoms with Gasteiger partial charge < -0.3 is 23.7 Å². The van der Waals surface area contributed by atoms with Crippen molar-refractivity contribution >= 4 is 67.5 Å². The summed E-state index contributed by atoms with van der Waals surface area (Å²) < 4.78 is 111. The maximum Gasteiger partial charge on any atom is 0.169 e. The number of carbonyl (C=O) groups is 5. The fourth-order valence-corrected chi connectivity index (χ4v) is 14.2. The fourth-order valence-electron chi connectivity index (χ4n) is 11.8. The topological polar surface area (TPSA) is 325 Å². The van der Waals surface area contributed by atoms with Gasteiger partial charge in [0.05, 0.1) is 111 Å².